The molecule has 2 nitrogen and oxygen atoms in total. The van der Waals surface area contributed by atoms with Gasteiger partial charge in [0.05, 0.1) is 17.8 Å². The highest BCUT2D eigenvalue weighted by molar-refractivity contribution is 7.98. The fourth-order valence-corrected chi connectivity index (χ4v) is 1.59. The van der Waals surface area contributed by atoms with Crippen molar-refractivity contribution in [2.45, 2.75) is 25.3 Å². The smallest absolute Gasteiger partial charge is 0.137 e. The molecule has 0 N–H and O–H groups in total. The van der Waals surface area contributed by atoms with E-state index in [4.69, 9.17) is 4.74 Å². The van der Waals surface area contributed by atoms with Crippen molar-refractivity contribution in [1.29, 1.82) is 0 Å². The molecule has 0 fully saturated rings. The summed E-state index contributed by atoms with van der Waals surface area (Å²) in [6, 6.07) is 2.04. The molecular formula is C10H15NOS. The quantitative estimate of drug-likeness (QED) is 0.693. The Hall–Kier alpha value is -0.700. The molecule has 0 saturated heterocycles. The third kappa shape index (κ3) is 2.92. The first-order chi connectivity index (χ1) is 6.27. The van der Waals surface area contributed by atoms with E-state index in [-0.39, 0.29) is 0 Å². The van der Waals surface area contributed by atoms with Crippen molar-refractivity contribution < 1.29 is 4.74 Å². The van der Waals surface area contributed by atoms with E-state index in [1.54, 1.807) is 18.0 Å². The third-order valence-corrected chi connectivity index (χ3v) is 2.49. The number of aryl methyl sites for hydroxylation is 1. The Kier molecular flexibility index (Phi) is 4.09. The molecule has 0 amide bonds. The van der Waals surface area contributed by atoms with E-state index >= 15 is 0 Å². The summed E-state index contributed by atoms with van der Waals surface area (Å²) in [6.07, 6.45) is 4.85. The van der Waals surface area contributed by atoms with Gasteiger partial charge in [0.2, 0.25) is 0 Å². The maximum absolute atomic E-state index is 5.46. The summed E-state index contributed by atoms with van der Waals surface area (Å²) in [4.78, 5) is 4.29. The Balaban J connectivity index is 2.71. The zero-order chi connectivity index (χ0) is 9.68. The molecule has 0 aromatic carbocycles. The first-order valence-electron chi connectivity index (χ1n) is 4.41. The summed E-state index contributed by atoms with van der Waals surface area (Å²) in [5.41, 5.74) is 1.18. The van der Waals surface area contributed by atoms with Crippen molar-refractivity contribution in [3.05, 3.63) is 17.8 Å². The lowest BCUT2D eigenvalue weighted by Crippen LogP contribution is -1.96. The zero-order valence-corrected chi connectivity index (χ0v) is 9.15. The minimum atomic E-state index is 0.764. The summed E-state index contributed by atoms with van der Waals surface area (Å²) in [5, 5.41) is 1.07. The molecule has 13 heavy (non-hydrogen) atoms. The largest absolute Gasteiger partial charge is 0.492 e. The van der Waals surface area contributed by atoms with E-state index in [2.05, 4.69) is 18.8 Å². The van der Waals surface area contributed by atoms with Gasteiger partial charge in [-0.3, -0.25) is 0 Å². The van der Waals surface area contributed by atoms with Crippen molar-refractivity contribution in [3.63, 3.8) is 0 Å². The van der Waals surface area contributed by atoms with E-state index in [1.165, 1.54) is 5.56 Å². The maximum atomic E-state index is 5.46. The zero-order valence-electron chi connectivity index (χ0n) is 8.33. The van der Waals surface area contributed by atoms with Gasteiger partial charge in [0.15, 0.2) is 0 Å². The lowest BCUT2D eigenvalue weighted by Gasteiger charge is -2.06. The first kappa shape index (κ1) is 10.4. The first-order valence-corrected chi connectivity index (χ1v) is 5.63. The molecule has 1 aromatic heterocycles. The lowest BCUT2D eigenvalue weighted by molar-refractivity contribution is 0.315. The second-order valence-electron chi connectivity index (χ2n) is 2.85. The van der Waals surface area contributed by atoms with Crippen molar-refractivity contribution >= 4 is 11.8 Å². The van der Waals surface area contributed by atoms with Gasteiger partial charge >= 0.3 is 0 Å². The van der Waals surface area contributed by atoms with Gasteiger partial charge in [-0.15, -0.1) is 11.8 Å². The minimum absolute atomic E-state index is 0.764. The van der Waals surface area contributed by atoms with Gasteiger partial charge in [-0.1, -0.05) is 6.92 Å². The maximum Gasteiger partial charge on any atom is 0.137 e. The van der Waals surface area contributed by atoms with E-state index < -0.39 is 0 Å². The Morgan fingerprint density at radius 3 is 2.85 bits per heavy atom. The average molecular weight is 197 g/mol. The fourth-order valence-electron chi connectivity index (χ4n) is 1.05. The molecule has 0 bridgehead atoms. The molecule has 0 saturated carbocycles. The van der Waals surface area contributed by atoms with Gasteiger partial charge in [0.25, 0.3) is 0 Å². The number of ether oxygens (including phenoxy) is 1. The molecule has 0 aliphatic carbocycles. The number of thioether (sulfide) groups is 1. The molecule has 0 atom stereocenters. The van der Waals surface area contributed by atoms with Gasteiger partial charge in [0.1, 0.15) is 5.75 Å². The van der Waals surface area contributed by atoms with Gasteiger partial charge in [-0.2, -0.15) is 0 Å². The highest BCUT2D eigenvalue weighted by Gasteiger charge is 2.00. The van der Waals surface area contributed by atoms with E-state index in [0.29, 0.717) is 0 Å². The fraction of sp³-hybridized carbons (Fsp3) is 0.500. The molecule has 0 spiro atoms. The topological polar surface area (TPSA) is 22.1 Å². The normalized spacial score (nSPS) is 10.1. The number of rotatable bonds is 4. The van der Waals surface area contributed by atoms with Crippen LogP contribution >= 0.6 is 11.8 Å². The van der Waals surface area contributed by atoms with Crippen LogP contribution in [-0.2, 0) is 0 Å². The van der Waals surface area contributed by atoms with Crippen LogP contribution in [0.25, 0.3) is 0 Å². The molecule has 3 heteroatoms. The molecule has 72 valence electrons. The van der Waals surface area contributed by atoms with Crippen molar-refractivity contribution in [3.8, 4) is 5.75 Å². The van der Waals surface area contributed by atoms with Crippen LogP contribution in [0.4, 0.5) is 0 Å². The molecule has 1 rings (SSSR count). The van der Waals surface area contributed by atoms with Crippen LogP contribution in [0.1, 0.15) is 18.9 Å². The summed E-state index contributed by atoms with van der Waals surface area (Å²) in [7, 11) is 0. The lowest BCUT2D eigenvalue weighted by atomic mass is 10.3. The Bertz CT molecular complexity index is 276. The third-order valence-electron chi connectivity index (χ3n) is 1.67. The molecule has 1 heterocycles. The highest BCUT2D eigenvalue weighted by atomic mass is 32.2. The van der Waals surface area contributed by atoms with Gasteiger partial charge in [-0.25, -0.2) is 4.98 Å². The number of pyridine rings is 1. The predicted molar refractivity (Wildman–Crippen MR) is 56.5 cm³/mol. The van der Waals surface area contributed by atoms with E-state index in [1.807, 2.05) is 12.3 Å². The number of aromatic nitrogens is 1. The van der Waals surface area contributed by atoms with E-state index in [0.717, 1.165) is 23.8 Å². The summed E-state index contributed by atoms with van der Waals surface area (Å²) in [5.74, 6) is 0.872. The molecule has 0 unspecified atom stereocenters. The molecule has 0 radical (unpaired) electrons. The summed E-state index contributed by atoms with van der Waals surface area (Å²) >= 11 is 1.66. The number of hydrogen-bond donors (Lipinski definition) is 0. The second kappa shape index (κ2) is 5.12. The minimum Gasteiger partial charge on any atom is -0.492 e. The Morgan fingerprint density at radius 1 is 1.54 bits per heavy atom. The Labute approximate surface area is 83.7 Å². The van der Waals surface area contributed by atoms with E-state index in [9.17, 15) is 0 Å². The molecule has 0 aliphatic rings. The van der Waals surface area contributed by atoms with Crippen LogP contribution < -0.4 is 4.74 Å². The van der Waals surface area contributed by atoms with Crippen molar-refractivity contribution in [2.75, 3.05) is 12.9 Å². The van der Waals surface area contributed by atoms with Gasteiger partial charge in [-0.05, 0) is 31.2 Å². The predicted octanol–water partition coefficient (Wildman–Crippen LogP) is 2.90. The van der Waals surface area contributed by atoms with Crippen LogP contribution in [0.2, 0.25) is 0 Å². The SMILES string of the molecule is CCCOc1cnc(SC)c(C)c1. The van der Waals surface area contributed by atoms with Crippen LogP contribution in [0.5, 0.6) is 5.75 Å². The van der Waals surface area contributed by atoms with Gasteiger partial charge in [0, 0.05) is 0 Å². The number of hydrogen-bond acceptors (Lipinski definition) is 3. The summed E-state index contributed by atoms with van der Waals surface area (Å²) in [6.45, 7) is 4.91. The summed E-state index contributed by atoms with van der Waals surface area (Å²) < 4.78 is 5.46. The molecule has 1 aromatic rings. The standard InChI is InChI=1S/C10H15NOS/c1-4-5-12-9-6-8(2)10(13-3)11-7-9/h6-7H,4-5H2,1-3H3. The Morgan fingerprint density at radius 2 is 2.31 bits per heavy atom. The van der Waals surface area contributed by atoms with Gasteiger partial charge < -0.3 is 4.74 Å². The highest BCUT2D eigenvalue weighted by Crippen LogP contribution is 2.20. The second-order valence-corrected chi connectivity index (χ2v) is 3.64. The molecule has 0 aliphatic heterocycles. The van der Waals surface area contributed by atoms with Crippen molar-refractivity contribution in [1.82, 2.24) is 4.98 Å². The van der Waals surface area contributed by atoms with Crippen LogP contribution in [0.15, 0.2) is 17.3 Å². The van der Waals surface area contributed by atoms with Crippen LogP contribution in [0.3, 0.4) is 0 Å². The van der Waals surface area contributed by atoms with Crippen molar-refractivity contribution in [2.24, 2.45) is 0 Å². The van der Waals surface area contributed by atoms with Crippen LogP contribution in [-0.4, -0.2) is 17.8 Å². The monoisotopic (exact) mass is 197 g/mol. The molecular weight excluding hydrogens is 182 g/mol. The number of nitrogens with zero attached hydrogens (tertiary/aromatic N) is 1. The average Bonchev–Trinajstić information content (AvgIpc) is 2.15. The van der Waals surface area contributed by atoms with Crippen LogP contribution in [0, 0.1) is 6.92 Å².